The molecule has 1 aliphatic heterocycles. The van der Waals surface area contributed by atoms with E-state index in [1.165, 1.54) is 16.7 Å². The number of benzene rings is 3. The molecule has 9 heteroatoms. The molecule has 3 aromatic rings. The van der Waals surface area contributed by atoms with Gasteiger partial charge < -0.3 is 20.1 Å². The molecule has 3 aromatic carbocycles. The summed E-state index contributed by atoms with van der Waals surface area (Å²) in [5.74, 6) is -0.283. The van der Waals surface area contributed by atoms with Crippen molar-refractivity contribution in [2.45, 2.75) is 18.2 Å². The van der Waals surface area contributed by atoms with Gasteiger partial charge in [-0.3, -0.25) is 19.3 Å². The number of aryl methyl sites for hydroxylation is 1. The quantitative estimate of drug-likeness (QED) is 0.263. The zero-order chi connectivity index (χ0) is 27.1. The first-order chi connectivity index (χ1) is 18.4. The Labute approximate surface area is 226 Å². The molecule has 0 aromatic heterocycles. The molecule has 4 rings (SSSR count). The number of carbonyl (C=O) groups excluding carboxylic acids is 3. The van der Waals surface area contributed by atoms with Gasteiger partial charge in [-0.25, -0.2) is 0 Å². The smallest absolute Gasteiger partial charge is 0.278 e. The molecular formula is C29H29N3O5S. The Bertz CT molecular complexity index is 1340. The van der Waals surface area contributed by atoms with Gasteiger partial charge in [0.25, 0.3) is 17.7 Å². The molecule has 0 aliphatic carbocycles. The SMILES string of the molecule is COCCCN1C(=O)C(Nc2ccc(C)cc2)=C(Sc2ccc(NC(=O)c3ccc(OC)cc3)cc2)C1=O. The van der Waals surface area contributed by atoms with Gasteiger partial charge in [0, 0.05) is 42.1 Å². The Hall–Kier alpha value is -4.08. The van der Waals surface area contributed by atoms with E-state index in [4.69, 9.17) is 9.47 Å². The highest BCUT2D eigenvalue weighted by molar-refractivity contribution is 8.04. The van der Waals surface area contributed by atoms with Crippen molar-refractivity contribution in [1.29, 1.82) is 0 Å². The van der Waals surface area contributed by atoms with E-state index in [1.807, 2.05) is 31.2 Å². The van der Waals surface area contributed by atoms with Gasteiger partial charge in [-0.05, 0) is 74.0 Å². The summed E-state index contributed by atoms with van der Waals surface area (Å²) in [7, 11) is 3.15. The number of amides is 3. The zero-order valence-corrected chi connectivity index (χ0v) is 22.3. The van der Waals surface area contributed by atoms with Crippen LogP contribution < -0.4 is 15.4 Å². The monoisotopic (exact) mass is 531 g/mol. The summed E-state index contributed by atoms with van der Waals surface area (Å²) in [6.45, 7) is 2.70. The molecule has 0 fully saturated rings. The molecule has 0 saturated heterocycles. The number of rotatable bonds is 11. The Kier molecular flexibility index (Phi) is 8.83. The molecule has 1 heterocycles. The third kappa shape index (κ3) is 6.42. The van der Waals surface area contributed by atoms with Gasteiger partial charge in [-0.15, -0.1) is 0 Å². The molecular weight excluding hydrogens is 502 g/mol. The zero-order valence-electron chi connectivity index (χ0n) is 21.4. The summed E-state index contributed by atoms with van der Waals surface area (Å²) in [5.41, 5.74) is 3.17. The van der Waals surface area contributed by atoms with Crippen LogP contribution in [0.4, 0.5) is 11.4 Å². The van der Waals surface area contributed by atoms with E-state index < -0.39 is 0 Å². The van der Waals surface area contributed by atoms with Crippen LogP contribution in [0.5, 0.6) is 5.75 Å². The number of carbonyl (C=O) groups is 3. The van der Waals surface area contributed by atoms with Crippen LogP contribution in [-0.2, 0) is 14.3 Å². The van der Waals surface area contributed by atoms with E-state index >= 15 is 0 Å². The average molecular weight is 532 g/mol. The Morgan fingerprint density at radius 1 is 0.868 bits per heavy atom. The maximum Gasteiger partial charge on any atom is 0.278 e. The second kappa shape index (κ2) is 12.4. The lowest BCUT2D eigenvalue weighted by Crippen LogP contribution is -2.33. The maximum absolute atomic E-state index is 13.3. The fourth-order valence-corrected chi connectivity index (χ4v) is 4.73. The molecule has 0 atom stereocenters. The lowest BCUT2D eigenvalue weighted by atomic mass is 10.2. The summed E-state index contributed by atoms with van der Waals surface area (Å²) in [6, 6.07) is 21.6. The molecule has 0 saturated carbocycles. The van der Waals surface area contributed by atoms with E-state index in [9.17, 15) is 14.4 Å². The van der Waals surface area contributed by atoms with Crippen LogP contribution in [0.15, 0.2) is 88.3 Å². The molecule has 8 nitrogen and oxygen atoms in total. The van der Waals surface area contributed by atoms with Gasteiger partial charge >= 0.3 is 0 Å². The Morgan fingerprint density at radius 2 is 1.53 bits per heavy atom. The summed E-state index contributed by atoms with van der Waals surface area (Å²) >= 11 is 1.21. The normalized spacial score (nSPS) is 13.2. The van der Waals surface area contributed by atoms with Crippen LogP contribution in [-0.4, -0.2) is 50.0 Å². The van der Waals surface area contributed by atoms with Gasteiger partial charge in [0.1, 0.15) is 16.4 Å². The van der Waals surface area contributed by atoms with Gasteiger partial charge in [-0.1, -0.05) is 29.5 Å². The van der Waals surface area contributed by atoms with Crippen molar-refractivity contribution in [3.8, 4) is 5.75 Å². The molecule has 196 valence electrons. The molecule has 2 N–H and O–H groups in total. The molecule has 1 aliphatic rings. The molecule has 0 bridgehead atoms. The van der Waals surface area contributed by atoms with Crippen LogP contribution >= 0.6 is 11.8 Å². The molecule has 3 amide bonds. The second-order valence-electron chi connectivity index (χ2n) is 8.61. The fraction of sp³-hybridized carbons (Fsp3) is 0.207. The minimum absolute atomic E-state index is 0.247. The minimum atomic E-state index is -0.363. The number of anilines is 2. The first kappa shape index (κ1) is 27.0. The summed E-state index contributed by atoms with van der Waals surface area (Å²) < 4.78 is 10.2. The number of nitrogens with zero attached hydrogens (tertiary/aromatic N) is 1. The van der Waals surface area contributed by atoms with Gasteiger partial charge in [0.05, 0.1) is 7.11 Å². The summed E-state index contributed by atoms with van der Waals surface area (Å²) in [6.07, 6.45) is 0.548. The van der Waals surface area contributed by atoms with Crippen molar-refractivity contribution in [2.75, 3.05) is 38.0 Å². The largest absolute Gasteiger partial charge is 0.497 e. The van der Waals surface area contributed by atoms with E-state index in [0.717, 1.165) is 16.1 Å². The van der Waals surface area contributed by atoms with Gasteiger partial charge in [0.15, 0.2) is 0 Å². The van der Waals surface area contributed by atoms with Crippen LogP contribution in [0.3, 0.4) is 0 Å². The highest BCUT2D eigenvalue weighted by atomic mass is 32.2. The lowest BCUT2D eigenvalue weighted by Gasteiger charge is -2.14. The van der Waals surface area contributed by atoms with Crippen molar-refractivity contribution < 1.29 is 23.9 Å². The number of imide groups is 1. The minimum Gasteiger partial charge on any atom is -0.497 e. The number of methoxy groups -OCH3 is 2. The van der Waals surface area contributed by atoms with Crippen LogP contribution in [0.25, 0.3) is 0 Å². The number of ether oxygens (including phenoxy) is 2. The number of hydrogen-bond donors (Lipinski definition) is 2. The highest BCUT2D eigenvalue weighted by Gasteiger charge is 2.38. The summed E-state index contributed by atoms with van der Waals surface area (Å²) in [4.78, 5) is 41.4. The van der Waals surface area contributed by atoms with Crippen LogP contribution in [0.1, 0.15) is 22.3 Å². The predicted molar refractivity (Wildman–Crippen MR) is 148 cm³/mol. The predicted octanol–water partition coefficient (Wildman–Crippen LogP) is 5.08. The van der Waals surface area contributed by atoms with E-state index in [2.05, 4.69) is 10.6 Å². The molecule has 0 unspecified atom stereocenters. The second-order valence-corrected chi connectivity index (χ2v) is 9.70. The van der Waals surface area contributed by atoms with Crippen molar-refractivity contribution >= 4 is 40.9 Å². The maximum atomic E-state index is 13.3. The van der Waals surface area contributed by atoms with Crippen molar-refractivity contribution in [1.82, 2.24) is 4.90 Å². The van der Waals surface area contributed by atoms with Gasteiger partial charge in [0.2, 0.25) is 0 Å². The topological polar surface area (TPSA) is 97.0 Å². The first-order valence-corrected chi connectivity index (χ1v) is 12.9. The van der Waals surface area contributed by atoms with Crippen molar-refractivity contribution in [3.05, 3.63) is 94.5 Å². The van der Waals surface area contributed by atoms with E-state index in [-0.39, 0.29) is 30.0 Å². The molecule has 0 radical (unpaired) electrons. The fourth-order valence-electron chi connectivity index (χ4n) is 3.78. The first-order valence-electron chi connectivity index (χ1n) is 12.1. The molecule has 0 spiro atoms. The van der Waals surface area contributed by atoms with E-state index in [1.54, 1.807) is 62.8 Å². The molecule has 38 heavy (non-hydrogen) atoms. The third-order valence-corrected chi connectivity index (χ3v) is 6.95. The van der Waals surface area contributed by atoms with E-state index in [0.29, 0.717) is 34.9 Å². The highest BCUT2D eigenvalue weighted by Crippen LogP contribution is 2.36. The number of hydrogen-bond acceptors (Lipinski definition) is 7. The van der Waals surface area contributed by atoms with Gasteiger partial charge in [-0.2, -0.15) is 0 Å². The number of thioether (sulfide) groups is 1. The number of nitrogens with one attached hydrogen (secondary N) is 2. The van der Waals surface area contributed by atoms with Crippen LogP contribution in [0.2, 0.25) is 0 Å². The van der Waals surface area contributed by atoms with Crippen molar-refractivity contribution in [2.24, 2.45) is 0 Å². The average Bonchev–Trinajstić information content (AvgIpc) is 3.14. The van der Waals surface area contributed by atoms with Crippen molar-refractivity contribution in [3.63, 3.8) is 0 Å². The lowest BCUT2D eigenvalue weighted by molar-refractivity contribution is -0.137. The standard InChI is InChI=1S/C29H29N3O5S/c1-19-5-9-21(10-6-19)30-25-26(29(35)32(28(25)34)17-4-18-36-2)38-24-15-11-22(12-16-24)31-27(33)20-7-13-23(37-3)14-8-20/h5-16,30H,4,17-18H2,1-3H3,(H,31,33). The Balaban J connectivity index is 1.51. The third-order valence-electron chi connectivity index (χ3n) is 5.86. The summed E-state index contributed by atoms with van der Waals surface area (Å²) in [5, 5.41) is 6.01. The van der Waals surface area contributed by atoms with Crippen LogP contribution in [0, 0.1) is 6.92 Å². The Morgan fingerprint density at radius 3 is 2.16 bits per heavy atom.